The lowest BCUT2D eigenvalue weighted by Crippen LogP contribution is -2.53. The highest BCUT2D eigenvalue weighted by molar-refractivity contribution is 5.84. The van der Waals surface area contributed by atoms with Crippen LogP contribution in [0, 0.1) is 6.92 Å². The fraction of sp³-hybridized carbons (Fsp3) is 0.344. The van der Waals surface area contributed by atoms with E-state index in [4.69, 9.17) is 9.47 Å². The smallest absolute Gasteiger partial charge is 0.410 e. The van der Waals surface area contributed by atoms with Crippen LogP contribution in [0.4, 0.5) is 15.3 Å². The lowest BCUT2D eigenvalue weighted by Gasteiger charge is -2.33. The Labute approximate surface area is 256 Å². The summed E-state index contributed by atoms with van der Waals surface area (Å²) in [5, 5.41) is 5.97. The zero-order valence-electron chi connectivity index (χ0n) is 24.8. The van der Waals surface area contributed by atoms with Gasteiger partial charge in [-0.25, -0.2) is 9.59 Å². The molecule has 2 aromatic carbocycles. The molecule has 0 atom stereocenters. The fourth-order valence-corrected chi connectivity index (χ4v) is 4.51. The Hall–Kier alpha value is -5.13. The van der Waals surface area contributed by atoms with Crippen LogP contribution in [0.2, 0.25) is 0 Å². The number of amides is 4. The molecule has 2 aliphatic rings. The first-order valence-electron chi connectivity index (χ1n) is 14.5. The predicted octanol–water partition coefficient (Wildman–Crippen LogP) is 3.04. The van der Waals surface area contributed by atoms with Crippen molar-refractivity contribution >= 4 is 29.7 Å². The van der Waals surface area contributed by atoms with Gasteiger partial charge in [0.25, 0.3) is 0 Å². The standard InChI is InChI=1S/C20H24N4O3.C12H14N2O3/c1-16-13-21-8-7-18(16)22-9-10-23-11-12-24(14-19(23)25)20(26)27-15-17-5-3-2-4-6-17;15-11-8-14(7-6-13-11)12(16)17-9-10-4-2-1-3-5-10/h2-8,13H,9-12,14-15H2,1H3,(H,21,22);1-5H,6-9H2,(H,13,15). The zero-order chi connectivity index (χ0) is 31.1. The topological polar surface area (TPSA) is 133 Å². The highest BCUT2D eigenvalue weighted by Gasteiger charge is 2.27. The Morgan fingerprint density at radius 1 is 0.841 bits per heavy atom. The number of rotatable bonds is 8. The molecular formula is C32H38N6O6. The first-order chi connectivity index (χ1) is 21.4. The van der Waals surface area contributed by atoms with E-state index in [1.807, 2.05) is 73.7 Å². The molecule has 2 saturated heterocycles. The van der Waals surface area contributed by atoms with Gasteiger partial charge in [0.15, 0.2) is 0 Å². The third-order valence-electron chi connectivity index (χ3n) is 7.00. The van der Waals surface area contributed by atoms with Crippen LogP contribution in [0.25, 0.3) is 0 Å². The second-order valence-corrected chi connectivity index (χ2v) is 10.3. The molecule has 2 N–H and O–H groups in total. The van der Waals surface area contributed by atoms with Gasteiger partial charge < -0.3 is 25.0 Å². The number of nitrogens with one attached hydrogen (secondary N) is 2. The summed E-state index contributed by atoms with van der Waals surface area (Å²) in [5.74, 6) is -0.209. The SMILES string of the molecule is Cc1cnccc1NCCN1CCN(C(=O)OCc2ccccc2)CC1=O.O=C1CN(C(=O)OCc2ccccc2)CCN1. The Bertz CT molecular complexity index is 1390. The number of anilines is 1. The van der Waals surface area contributed by atoms with Crippen LogP contribution in [0.5, 0.6) is 0 Å². The third kappa shape index (κ3) is 10.0. The van der Waals surface area contributed by atoms with E-state index in [-0.39, 0.29) is 38.1 Å². The number of carbonyl (C=O) groups is 4. The lowest BCUT2D eigenvalue weighted by atomic mass is 10.2. The fourth-order valence-electron chi connectivity index (χ4n) is 4.51. The van der Waals surface area contributed by atoms with Gasteiger partial charge in [-0.05, 0) is 29.7 Å². The first-order valence-corrected chi connectivity index (χ1v) is 14.5. The molecule has 1 aromatic heterocycles. The van der Waals surface area contributed by atoms with E-state index in [1.54, 1.807) is 17.3 Å². The van der Waals surface area contributed by atoms with Crippen LogP contribution in [0.15, 0.2) is 79.1 Å². The van der Waals surface area contributed by atoms with Crippen LogP contribution >= 0.6 is 0 Å². The second-order valence-electron chi connectivity index (χ2n) is 10.3. The lowest BCUT2D eigenvalue weighted by molar-refractivity contribution is -0.135. The van der Waals surface area contributed by atoms with Gasteiger partial charge in [0.2, 0.25) is 11.8 Å². The molecule has 12 nitrogen and oxygen atoms in total. The van der Waals surface area contributed by atoms with E-state index in [0.717, 1.165) is 22.4 Å². The number of piperazine rings is 2. The molecule has 0 radical (unpaired) electrons. The summed E-state index contributed by atoms with van der Waals surface area (Å²) in [6, 6.07) is 20.9. The van der Waals surface area contributed by atoms with Crippen molar-refractivity contribution in [3.63, 3.8) is 0 Å². The third-order valence-corrected chi connectivity index (χ3v) is 7.00. The number of aryl methyl sites for hydroxylation is 1. The Kier molecular flexibility index (Phi) is 11.9. The molecule has 12 heteroatoms. The van der Waals surface area contributed by atoms with E-state index >= 15 is 0 Å². The minimum absolute atomic E-state index is 0.0574. The number of ether oxygens (including phenoxy) is 2. The highest BCUT2D eigenvalue weighted by atomic mass is 16.6. The number of benzene rings is 2. The average molecular weight is 603 g/mol. The molecule has 4 amide bonds. The molecule has 0 aliphatic carbocycles. The summed E-state index contributed by atoms with van der Waals surface area (Å²) in [6.07, 6.45) is 2.65. The normalized spacial score (nSPS) is 14.6. The number of carbonyl (C=O) groups excluding carboxylic acids is 4. The van der Waals surface area contributed by atoms with Crippen LogP contribution in [0.1, 0.15) is 16.7 Å². The average Bonchev–Trinajstić information content (AvgIpc) is 3.05. The minimum atomic E-state index is -0.447. The highest BCUT2D eigenvalue weighted by Crippen LogP contribution is 2.12. The first kappa shape index (κ1) is 31.8. The maximum Gasteiger partial charge on any atom is 0.410 e. The van der Waals surface area contributed by atoms with Crippen molar-refractivity contribution in [2.45, 2.75) is 20.1 Å². The van der Waals surface area contributed by atoms with Crippen molar-refractivity contribution in [3.05, 3.63) is 95.8 Å². The van der Waals surface area contributed by atoms with Crippen molar-refractivity contribution in [3.8, 4) is 0 Å². The molecular weight excluding hydrogens is 564 g/mol. The summed E-state index contributed by atoms with van der Waals surface area (Å²) in [6.45, 7) is 5.78. The second kappa shape index (κ2) is 16.5. The van der Waals surface area contributed by atoms with Gasteiger partial charge >= 0.3 is 12.2 Å². The number of aromatic nitrogens is 1. The van der Waals surface area contributed by atoms with Crippen molar-refractivity contribution in [2.24, 2.45) is 0 Å². The van der Waals surface area contributed by atoms with Crippen molar-refractivity contribution in [1.82, 2.24) is 25.0 Å². The van der Waals surface area contributed by atoms with E-state index in [2.05, 4.69) is 15.6 Å². The molecule has 3 heterocycles. The number of hydrogen-bond donors (Lipinski definition) is 2. The van der Waals surface area contributed by atoms with E-state index in [0.29, 0.717) is 39.3 Å². The Morgan fingerprint density at radius 2 is 1.45 bits per heavy atom. The molecule has 0 bridgehead atoms. The summed E-state index contributed by atoms with van der Waals surface area (Å²) in [5.41, 5.74) is 3.94. The number of nitrogens with zero attached hydrogens (tertiary/aromatic N) is 4. The minimum Gasteiger partial charge on any atom is -0.445 e. The van der Waals surface area contributed by atoms with Crippen molar-refractivity contribution < 1.29 is 28.7 Å². The summed E-state index contributed by atoms with van der Waals surface area (Å²) in [7, 11) is 0. The summed E-state index contributed by atoms with van der Waals surface area (Å²) >= 11 is 0. The Balaban J connectivity index is 0.000000223. The van der Waals surface area contributed by atoms with Crippen LogP contribution in [0.3, 0.4) is 0 Å². The van der Waals surface area contributed by atoms with Gasteiger partial charge in [0.05, 0.1) is 0 Å². The largest absolute Gasteiger partial charge is 0.445 e. The van der Waals surface area contributed by atoms with E-state index < -0.39 is 12.2 Å². The van der Waals surface area contributed by atoms with Gasteiger partial charge in [0, 0.05) is 57.3 Å². The maximum atomic E-state index is 12.3. The Morgan fingerprint density at radius 3 is 2.02 bits per heavy atom. The molecule has 0 saturated carbocycles. The zero-order valence-corrected chi connectivity index (χ0v) is 24.8. The van der Waals surface area contributed by atoms with E-state index in [1.165, 1.54) is 9.80 Å². The van der Waals surface area contributed by atoms with Crippen molar-refractivity contribution in [2.75, 3.05) is 57.7 Å². The molecule has 2 aliphatic heterocycles. The number of hydrogen-bond acceptors (Lipinski definition) is 8. The molecule has 44 heavy (non-hydrogen) atoms. The van der Waals surface area contributed by atoms with Gasteiger partial charge in [-0.15, -0.1) is 0 Å². The van der Waals surface area contributed by atoms with Crippen LogP contribution < -0.4 is 10.6 Å². The molecule has 0 unspecified atom stereocenters. The van der Waals surface area contributed by atoms with Crippen LogP contribution in [-0.2, 0) is 32.3 Å². The van der Waals surface area contributed by atoms with Gasteiger partial charge in [-0.2, -0.15) is 0 Å². The molecule has 0 spiro atoms. The van der Waals surface area contributed by atoms with Crippen LogP contribution in [-0.4, -0.2) is 96.0 Å². The van der Waals surface area contributed by atoms with Crippen molar-refractivity contribution in [1.29, 1.82) is 0 Å². The maximum absolute atomic E-state index is 12.3. The monoisotopic (exact) mass is 602 g/mol. The quantitative estimate of drug-likeness (QED) is 0.402. The molecule has 232 valence electrons. The van der Waals surface area contributed by atoms with Gasteiger partial charge in [-0.3, -0.25) is 24.4 Å². The molecule has 3 aromatic rings. The predicted molar refractivity (Wildman–Crippen MR) is 163 cm³/mol. The van der Waals surface area contributed by atoms with Gasteiger partial charge in [-0.1, -0.05) is 60.7 Å². The summed E-state index contributed by atoms with van der Waals surface area (Å²) in [4.78, 5) is 55.9. The summed E-state index contributed by atoms with van der Waals surface area (Å²) < 4.78 is 10.4. The number of pyridine rings is 1. The van der Waals surface area contributed by atoms with Gasteiger partial charge in [0.1, 0.15) is 26.3 Å². The molecule has 2 fully saturated rings. The molecule has 5 rings (SSSR count). The van der Waals surface area contributed by atoms with E-state index in [9.17, 15) is 19.2 Å².